The van der Waals surface area contributed by atoms with E-state index in [2.05, 4.69) is 4.99 Å². The van der Waals surface area contributed by atoms with Crippen LogP contribution in [0.5, 0.6) is 0 Å². The summed E-state index contributed by atoms with van der Waals surface area (Å²) < 4.78 is 28.7. The molecule has 10 nitrogen and oxygen atoms in total. The lowest BCUT2D eigenvalue weighted by Crippen LogP contribution is -2.41. The van der Waals surface area contributed by atoms with Crippen molar-refractivity contribution in [2.75, 3.05) is 46.2 Å². The summed E-state index contributed by atoms with van der Waals surface area (Å²) in [6.07, 6.45) is 5.18. The van der Waals surface area contributed by atoms with Crippen LogP contribution in [-0.4, -0.2) is 69.9 Å². The molecule has 210 valence electrons. The minimum Gasteiger partial charge on any atom is -0.463 e. The molecular weight excluding hydrogens is 492 g/mol. The third-order valence-electron chi connectivity index (χ3n) is 5.79. The van der Waals surface area contributed by atoms with Crippen molar-refractivity contribution in [1.29, 1.82) is 0 Å². The Morgan fingerprint density at radius 1 is 0.895 bits per heavy atom. The third kappa shape index (κ3) is 9.33. The number of carbonyl (C=O) groups is 3. The minimum atomic E-state index is -0.859. The Bertz CT molecular complexity index is 1000. The van der Waals surface area contributed by atoms with Gasteiger partial charge in [0.25, 0.3) is 0 Å². The fourth-order valence-corrected chi connectivity index (χ4v) is 4.20. The highest BCUT2D eigenvalue weighted by molar-refractivity contribution is 6.07. The van der Waals surface area contributed by atoms with Gasteiger partial charge in [-0.2, -0.15) is 4.57 Å². The summed E-state index contributed by atoms with van der Waals surface area (Å²) in [6.45, 7) is 11.3. The van der Waals surface area contributed by atoms with Crippen LogP contribution in [0.15, 0.2) is 40.8 Å². The number of pyridine rings is 1. The number of hydrogen-bond acceptors (Lipinski definition) is 9. The molecule has 0 N–H and O–H groups in total. The summed E-state index contributed by atoms with van der Waals surface area (Å²) in [5.41, 5.74) is 1.90. The summed E-state index contributed by atoms with van der Waals surface area (Å²) in [7, 11) is 0. The Kier molecular flexibility index (Phi) is 13.7. The van der Waals surface area contributed by atoms with Crippen molar-refractivity contribution in [3.05, 3.63) is 41.4 Å². The number of hydrogen-bond donors (Lipinski definition) is 0. The van der Waals surface area contributed by atoms with Crippen LogP contribution in [0.2, 0.25) is 0 Å². The first kappa shape index (κ1) is 31.1. The predicted octanol–water partition coefficient (Wildman–Crippen LogP) is 2.93. The molecule has 1 aromatic heterocycles. The molecule has 1 aliphatic heterocycles. The molecule has 0 saturated heterocycles. The normalized spacial score (nSPS) is 17.1. The number of allylic oxidation sites excluding steroid dienone is 1. The fourth-order valence-electron chi connectivity index (χ4n) is 4.20. The second kappa shape index (κ2) is 16.7. The highest BCUT2D eigenvalue weighted by Gasteiger charge is 2.43. The zero-order valence-electron chi connectivity index (χ0n) is 23.2. The van der Waals surface area contributed by atoms with Gasteiger partial charge in [-0.15, -0.1) is 0 Å². The Morgan fingerprint density at radius 3 is 2.18 bits per heavy atom. The van der Waals surface area contributed by atoms with Crippen molar-refractivity contribution in [3.8, 4) is 0 Å². The molecule has 0 radical (unpaired) electrons. The standard InChI is InChI=1S/C28H41N2O8/c1-6-12-34-14-16-37-27(32)24-20(4)29-21(5)25(28(33)38-17-15-35-13-7-2)26(24)22-10-9-11-30(18-22)19-23(31)36-8-3/h9-11,18,24,26H,6-8,12-17,19H2,1-5H3/q+1. The molecule has 10 heteroatoms. The monoisotopic (exact) mass is 533 g/mol. The molecule has 0 fully saturated rings. The van der Waals surface area contributed by atoms with E-state index in [-0.39, 0.29) is 45.2 Å². The molecule has 38 heavy (non-hydrogen) atoms. The van der Waals surface area contributed by atoms with Gasteiger partial charge >= 0.3 is 17.9 Å². The minimum absolute atomic E-state index is 0.0113. The van der Waals surface area contributed by atoms with E-state index in [0.29, 0.717) is 30.2 Å². The number of rotatable bonds is 16. The largest absolute Gasteiger partial charge is 0.463 e. The highest BCUT2D eigenvalue weighted by atomic mass is 16.6. The van der Waals surface area contributed by atoms with E-state index in [4.69, 9.17) is 23.7 Å². The van der Waals surface area contributed by atoms with Gasteiger partial charge in [-0.25, -0.2) is 9.59 Å². The van der Waals surface area contributed by atoms with Crippen molar-refractivity contribution >= 4 is 23.6 Å². The van der Waals surface area contributed by atoms with Gasteiger partial charge in [0.15, 0.2) is 12.4 Å². The zero-order valence-corrected chi connectivity index (χ0v) is 23.2. The number of aromatic nitrogens is 1. The highest BCUT2D eigenvalue weighted by Crippen LogP contribution is 2.39. The molecule has 1 aliphatic rings. The summed E-state index contributed by atoms with van der Waals surface area (Å²) >= 11 is 0. The van der Waals surface area contributed by atoms with Gasteiger partial charge < -0.3 is 23.7 Å². The van der Waals surface area contributed by atoms with E-state index < -0.39 is 29.7 Å². The van der Waals surface area contributed by atoms with E-state index in [9.17, 15) is 14.4 Å². The van der Waals surface area contributed by atoms with Crippen LogP contribution in [-0.2, 0) is 44.6 Å². The molecule has 0 amide bonds. The molecule has 0 saturated carbocycles. The van der Waals surface area contributed by atoms with Crippen LogP contribution in [0, 0.1) is 5.92 Å². The lowest BCUT2D eigenvalue weighted by Gasteiger charge is -2.31. The fraction of sp³-hybridized carbons (Fsp3) is 0.607. The quantitative estimate of drug-likeness (QED) is 0.138. The topological polar surface area (TPSA) is 114 Å². The summed E-state index contributed by atoms with van der Waals surface area (Å²) in [6, 6.07) is 3.56. The van der Waals surface area contributed by atoms with E-state index in [0.717, 1.165) is 12.8 Å². The number of nitrogens with zero attached hydrogens (tertiary/aromatic N) is 2. The lowest BCUT2D eigenvalue weighted by molar-refractivity contribution is -0.686. The summed E-state index contributed by atoms with van der Waals surface area (Å²) in [5.74, 6) is -3.06. The molecule has 1 aromatic rings. The van der Waals surface area contributed by atoms with E-state index in [1.807, 2.05) is 13.8 Å². The third-order valence-corrected chi connectivity index (χ3v) is 5.79. The van der Waals surface area contributed by atoms with Crippen LogP contribution in [0.3, 0.4) is 0 Å². The average Bonchev–Trinajstić information content (AvgIpc) is 2.88. The van der Waals surface area contributed by atoms with Crippen LogP contribution >= 0.6 is 0 Å². The van der Waals surface area contributed by atoms with E-state index >= 15 is 0 Å². The summed E-state index contributed by atoms with van der Waals surface area (Å²) in [5, 5.41) is 0. The van der Waals surface area contributed by atoms with Crippen LogP contribution in [0.4, 0.5) is 0 Å². The number of aliphatic imine (C=N–C) groups is 1. The van der Waals surface area contributed by atoms with E-state index in [1.165, 1.54) is 0 Å². The molecule has 2 rings (SSSR count). The van der Waals surface area contributed by atoms with Crippen molar-refractivity contribution in [1.82, 2.24) is 0 Å². The predicted molar refractivity (Wildman–Crippen MR) is 139 cm³/mol. The van der Waals surface area contributed by atoms with Gasteiger partial charge in [0.2, 0.25) is 6.54 Å². The molecule has 0 bridgehead atoms. The second-order valence-electron chi connectivity index (χ2n) is 8.85. The molecule has 0 aromatic carbocycles. The van der Waals surface area contributed by atoms with Crippen LogP contribution < -0.4 is 4.57 Å². The van der Waals surface area contributed by atoms with Crippen LogP contribution in [0.25, 0.3) is 0 Å². The first-order valence-corrected chi connectivity index (χ1v) is 13.2. The maximum Gasteiger partial charge on any atom is 0.372 e. The van der Waals surface area contributed by atoms with Crippen LogP contribution in [0.1, 0.15) is 58.9 Å². The van der Waals surface area contributed by atoms with Gasteiger partial charge in [-0.3, -0.25) is 9.79 Å². The van der Waals surface area contributed by atoms with Gasteiger partial charge in [0.05, 0.1) is 25.4 Å². The molecule has 2 atom stereocenters. The van der Waals surface area contributed by atoms with Crippen molar-refractivity contribution < 1.29 is 42.6 Å². The van der Waals surface area contributed by atoms with Gasteiger partial charge in [0, 0.05) is 42.2 Å². The maximum atomic E-state index is 13.3. The molecule has 0 aliphatic carbocycles. The molecule has 0 spiro atoms. The van der Waals surface area contributed by atoms with E-state index in [1.54, 1.807) is 49.9 Å². The van der Waals surface area contributed by atoms with Crippen molar-refractivity contribution in [3.63, 3.8) is 0 Å². The number of ether oxygens (including phenoxy) is 5. The Hall–Kier alpha value is -3.11. The average molecular weight is 534 g/mol. The summed E-state index contributed by atoms with van der Waals surface area (Å²) in [4.78, 5) is 43.3. The molecule has 2 heterocycles. The zero-order chi connectivity index (χ0) is 27.9. The van der Waals surface area contributed by atoms with Crippen molar-refractivity contribution in [2.45, 2.75) is 59.9 Å². The SMILES string of the molecule is CCCOCCOC(=O)C1=C(C)N=C(C)C(C(=O)OCCOCCC)C1c1ccc[n+](CC(=O)OCC)c1. The molecule has 2 unspecified atom stereocenters. The van der Waals surface area contributed by atoms with Gasteiger partial charge in [-0.1, -0.05) is 13.8 Å². The number of esters is 3. The Morgan fingerprint density at radius 2 is 1.55 bits per heavy atom. The smallest absolute Gasteiger partial charge is 0.372 e. The number of carbonyl (C=O) groups excluding carboxylic acids is 3. The van der Waals surface area contributed by atoms with Crippen molar-refractivity contribution in [2.24, 2.45) is 10.9 Å². The first-order valence-electron chi connectivity index (χ1n) is 13.2. The lowest BCUT2D eigenvalue weighted by atomic mass is 9.76. The Balaban J connectivity index is 2.38. The molecular formula is C28H41N2O8+. The Labute approximate surface area is 225 Å². The first-order chi connectivity index (χ1) is 18.3. The second-order valence-corrected chi connectivity index (χ2v) is 8.85. The maximum absolute atomic E-state index is 13.3. The van der Waals surface area contributed by atoms with Gasteiger partial charge in [-0.05, 0) is 39.7 Å². The van der Waals surface area contributed by atoms with Gasteiger partial charge in [0.1, 0.15) is 19.1 Å².